The van der Waals surface area contributed by atoms with Gasteiger partial charge in [-0.05, 0) is 27.7 Å². The highest BCUT2D eigenvalue weighted by atomic mass is 32.2. The van der Waals surface area contributed by atoms with Gasteiger partial charge in [-0.2, -0.15) is 0 Å². The molecule has 0 amide bonds. The molecule has 0 spiro atoms. The average molecular weight is 261 g/mol. The van der Waals surface area contributed by atoms with Gasteiger partial charge in [0.25, 0.3) is 10.0 Å². The molecule has 1 aromatic rings. The Morgan fingerprint density at radius 2 is 2.18 bits per heavy atom. The van der Waals surface area contributed by atoms with E-state index in [1.807, 2.05) is 20.8 Å². The van der Waals surface area contributed by atoms with Crippen molar-refractivity contribution in [2.75, 3.05) is 13.2 Å². The molecule has 17 heavy (non-hydrogen) atoms. The van der Waals surface area contributed by atoms with Crippen LogP contribution in [0.1, 0.15) is 26.6 Å². The summed E-state index contributed by atoms with van der Waals surface area (Å²) in [5, 5.41) is 0.0716. The standard InChI is InChI=1S/C10H19N3O3S/c1-5-16-10(3,4)7-12-17(14,15)9-6-11-8(2)13-9/h6,12H,5,7H2,1-4H3,(H,11,13). The van der Waals surface area contributed by atoms with Crippen molar-refractivity contribution in [1.29, 1.82) is 0 Å². The van der Waals surface area contributed by atoms with E-state index in [9.17, 15) is 8.42 Å². The fraction of sp³-hybridized carbons (Fsp3) is 0.700. The quantitative estimate of drug-likeness (QED) is 0.793. The number of aryl methyl sites for hydroxylation is 1. The van der Waals surface area contributed by atoms with Crippen LogP contribution >= 0.6 is 0 Å². The van der Waals surface area contributed by atoms with E-state index in [1.165, 1.54) is 6.20 Å². The van der Waals surface area contributed by atoms with Gasteiger partial charge in [0.15, 0.2) is 5.03 Å². The number of imidazole rings is 1. The van der Waals surface area contributed by atoms with Crippen molar-refractivity contribution < 1.29 is 13.2 Å². The second kappa shape index (κ2) is 5.16. The SMILES string of the molecule is CCOC(C)(C)CNS(=O)(=O)c1cnc(C)[nH]1. The van der Waals surface area contributed by atoms with Crippen molar-refractivity contribution in [2.45, 2.75) is 38.3 Å². The van der Waals surface area contributed by atoms with Gasteiger partial charge < -0.3 is 9.72 Å². The molecule has 0 aromatic carbocycles. The van der Waals surface area contributed by atoms with E-state index in [0.717, 1.165) is 0 Å². The zero-order valence-corrected chi connectivity index (χ0v) is 11.4. The molecule has 98 valence electrons. The maximum Gasteiger partial charge on any atom is 0.257 e. The first-order chi connectivity index (χ1) is 7.77. The molecule has 1 aromatic heterocycles. The minimum Gasteiger partial charge on any atom is -0.375 e. The van der Waals surface area contributed by atoms with Gasteiger partial charge in [0.05, 0.1) is 11.8 Å². The van der Waals surface area contributed by atoms with Crippen LogP contribution in [0.25, 0.3) is 0 Å². The molecule has 0 saturated carbocycles. The van der Waals surface area contributed by atoms with Crippen LogP contribution < -0.4 is 4.72 Å². The first kappa shape index (κ1) is 14.1. The summed E-state index contributed by atoms with van der Waals surface area (Å²) < 4.78 is 31.6. The molecule has 7 heteroatoms. The van der Waals surface area contributed by atoms with E-state index in [4.69, 9.17) is 4.74 Å². The van der Waals surface area contributed by atoms with Crippen LogP contribution in [0.15, 0.2) is 11.2 Å². The van der Waals surface area contributed by atoms with Crippen molar-refractivity contribution in [3.05, 3.63) is 12.0 Å². The zero-order chi connectivity index (χ0) is 13.1. The molecular formula is C10H19N3O3S. The van der Waals surface area contributed by atoms with Crippen molar-refractivity contribution >= 4 is 10.0 Å². The van der Waals surface area contributed by atoms with Gasteiger partial charge in [-0.1, -0.05) is 0 Å². The lowest BCUT2D eigenvalue weighted by Gasteiger charge is -2.24. The van der Waals surface area contributed by atoms with Crippen LogP contribution in [-0.4, -0.2) is 37.1 Å². The molecule has 0 saturated heterocycles. The summed E-state index contributed by atoms with van der Waals surface area (Å²) >= 11 is 0. The molecule has 0 fully saturated rings. The predicted octanol–water partition coefficient (Wildman–Crippen LogP) is 0.812. The Labute approximate surface area is 102 Å². The highest BCUT2D eigenvalue weighted by Crippen LogP contribution is 2.10. The summed E-state index contributed by atoms with van der Waals surface area (Å²) in [5.74, 6) is 0.564. The maximum atomic E-state index is 11.9. The number of nitrogens with zero attached hydrogens (tertiary/aromatic N) is 1. The van der Waals surface area contributed by atoms with Crippen LogP contribution in [0.4, 0.5) is 0 Å². The van der Waals surface area contributed by atoms with Crippen molar-refractivity contribution in [3.8, 4) is 0 Å². The summed E-state index contributed by atoms with van der Waals surface area (Å²) in [5.41, 5.74) is -0.531. The summed E-state index contributed by atoms with van der Waals surface area (Å²) in [6.45, 7) is 7.98. The number of ether oxygens (including phenoxy) is 1. The Morgan fingerprint density at radius 1 is 1.53 bits per heavy atom. The summed E-state index contributed by atoms with van der Waals surface area (Å²) in [4.78, 5) is 6.54. The Balaban J connectivity index is 2.69. The molecule has 6 nitrogen and oxygen atoms in total. The second-order valence-electron chi connectivity index (χ2n) is 4.35. The Kier molecular flexibility index (Phi) is 4.29. The van der Waals surface area contributed by atoms with Crippen LogP contribution in [0.2, 0.25) is 0 Å². The number of rotatable bonds is 6. The van der Waals surface area contributed by atoms with E-state index >= 15 is 0 Å². The first-order valence-electron chi connectivity index (χ1n) is 5.42. The number of aromatic nitrogens is 2. The third kappa shape index (κ3) is 4.10. The van der Waals surface area contributed by atoms with E-state index < -0.39 is 15.6 Å². The first-order valence-corrected chi connectivity index (χ1v) is 6.90. The van der Waals surface area contributed by atoms with E-state index in [-0.39, 0.29) is 11.6 Å². The molecule has 1 rings (SSSR count). The van der Waals surface area contributed by atoms with Gasteiger partial charge in [-0.25, -0.2) is 18.1 Å². The number of aromatic amines is 1. The molecule has 0 unspecified atom stereocenters. The highest BCUT2D eigenvalue weighted by molar-refractivity contribution is 7.89. The van der Waals surface area contributed by atoms with E-state index in [1.54, 1.807) is 6.92 Å². The molecular weight excluding hydrogens is 242 g/mol. The molecule has 0 bridgehead atoms. The Hall–Kier alpha value is -0.920. The smallest absolute Gasteiger partial charge is 0.257 e. The molecule has 1 heterocycles. The zero-order valence-electron chi connectivity index (χ0n) is 10.6. The third-order valence-corrected chi connectivity index (χ3v) is 3.50. The third-order valence-electron chi connectivity index (χ3n) is 2.19. The fourth-order valence-electron chi connectivity index (χ4n) is 1.32. The second-order valence-corrected chi connectivity index (χ2v) is 6.09. The normalized spacial score (nSPS) is 12.9. The number of hydrogen-bond acceptors (Lipinski definition) is 4. The summed E-state index contributed by atoms with van der Waals surface area (Å²) in [6, 6.07) is 0. The minimum absolute atomic E-state index is 0.0716. The molecule has 0 aliphatic rings. The molecule has 0 aliphatic carbocycles. The number of hydrogen-bond donors (Lipinski definition) is 2. The number of nitrogens with one attached hydrogen (secondary N) is 2. The van der Waals surface area contributed by atoms with E-state index in [2.05, 4.69) is 14.7 Å². The lowest BCUT2D eigenvalue weighted by atomic mass is 10.1. The molecule has 0 atom stereocenters. The van der Waals surface area contributed by atoms with Crippen molar-refractivity contribution in [1.82, 2.24) is 14.7 Å². The van der Waals surface area contributed by atoms with Crippen LogP contribution in [-0.2, 0) is 14.8 Å². The topological polar surface area (TPSA) is 84.1 Å². The Morgan fingerprint density at radius 3 is 2.65 bits per heavy atom. The average Bonchev–Trinajstić information content (AvgIpc) is 2.63. The maximum absolute atomic E-state index is 11.9. The van der Waals surface area contributed by atoms with E-state index in [0.29, 0.717) is 12.4 Å². The summed E-state index contributed by atoms with van der Waals surface area (Å²) in [7, 11) is -3.54. The highest BCUT2D eigenvalue weighted by Gasteiger charge is 2.23. The van der Waals surface area contributed by atoms with Crippen molar-refractivity contribution in [3.63, 3.8) is 0 Å². The fourth-order valence-corrected chi connectivity index (χ4v) is 2.49. The van der Waals surface area contributed by atoms with Gasteiger partial charge in [-0.3, -0.25) is 0 Å². The van der Waals surface area contributed by atoms with Crippen LogP contribution in [0.5, 0.6) is 0 Å². The molecule has 2 N–H and O–H groups in total. The van der Waals surface area contributed by atoms with Crippen LogP contribution in [0, 0.1) is 6.92 Å². The minimum atomic E-state index is -3.54. The number of sulfonamides is 1. The van der Waals surface area contributed by atoms with Crippen molar-refractivity contribution in [2.24, 2.45) is 0 Å². The monoisotopic (exact) mass is 261 g/mol. The Bertz CT molecular complexity index is 465. The van der Waals surface area contributed by atoms with Gasteiger partial charge >= 0.3 is 0 Å². The largest absolute Gasteiger partial charge is 0.375 e. The van der Waals surface area contributed by atoms with Gasteiger partial charge in [0.2, 0.25) is 0 Å². The van der Waals surface area contributed by atoms with Gasteiger partial charge in [-0.15, -0.1) is 0 Å². The lowest BCUT2D eigenvalue weighted by Crippen LogP contribution is -2.40. The lowest BCUT2D eigenvalue weighted by molar-refractivity contribution is -0.00515. The molecule has 0 radical (unpaired) electrons. The van der Waals surface area contributed by atoms with Gasteiger partial charge in [0.1, 0.15) is 5.82 Å². The summed E-state index contributed by atoms with van der Waals surface area (Å²) in [6.07, 6.45) is 1.30. The molecule has 0 aliphatic heterocycles. The van der Waals surface area contributed by atoms with Crippen LogP contribution in [0.3, 0.4) is 0 Å². The van der Waals surface area contributed by atoms with Gasteiger partial charge in [0, 0.05) is 13.2 Å². The predicted molar refractivity (Wildman–Crippen MR) is 64.2 cm³/mol. The number of H-pyrrole nitrogens is 1.